The molecule has 2 nitrogen and oxygen atoms in total. The van der Waals surface area contributed by atoms with Crippen molar-refractivity contribution in [3.63, 3.8) is 0 Å². The minimum absolute atomic E-state index is 0.773. The van der Waals surface area contributed by atoms with Crippen molar-refractivity contribution in [2.45, 2.75) is 11.4 Å². The van der Waals surface area contributed by atoms with Gasteiger partial charge in [0.15, 0.2) is 0 Å². The van der Waals surface area contributed by atoms with Gasteiger partial charge in [-0.15, -0.1) is 0 Å². The maximum absolute atomic E-state index is 6.22. The third kappa shape index (κ3) is 2.96. The summed E-state index contributed by atoms with van der Waals surface area (Å²) in [7, 11) is 0. The SMILES string of the molecule is Clc1ccc(SNCc2cccnc2)c2ccccc12. The van der Waals surface area contributed by atoms with Gasteiger partial charge in [-0.3, -0.25) is 9.71 Å². The van der Waals surface area contributed by atoms with Crippen LogP contribution < -0.4 is 4.72 Å². The van der Waals surface area contributed by atoms with Crippen LogP contribution in [0.4, 0.5) is 0 Å². The van der Waals surface area contributed by atoms with Crippen molar-refractivity contribution in [1.82, 2.24) is 9.71 Å². The summed E-state index contributed by atoms with van der Waals surface area (Å²) >= 11 is 7.84. The average molecular weight is 301 g/mol. The molecule has 20 heavy (non-hydrogen) atoms. The minimum Gasteiger partial charge on any atom is -0.264 e. The number of rotatable bonds is 4. The van der Waals surface area contributed by atoms with Gasteiger partial charge in [0.1, 0.15) is 0 Å². The van der Waals surface area contributed by atoms with Crippen molar-refractivity contribution in [3.8, 4) is 0 Å². The Labute approximate surface area is 127 Å². The molecule has 3 rings (SSSR count). The molecule has 0 unspecified atom stereocenters. The molecule has 0 atom stereocenters. The Hall–Kier alpha value is -1.55. The fourth-order valence-corrected chi connectivity index (χ4v) is 3.07. The molecule has 0 spiro atoms. The van der Waals surface area contributed by atoms with E-state index in [2.05, 4.69) is 21.8 Å². The number of hydrogen-bond donors (Lipinski definition) is 1. The second-order valence-corrected chi connectivity index (χ2v) is 5.72. The van der Waals surface area contributed by atoms with Crippen LogP contribution in [0, 0.1) is 0 Å². The first-order valence-electron chi connectivity index (χ1n) is 6.30. The van der Waals surface area contributed by atoms with Gasteiger partial charge >= 0.3 is 0 Å². The van der Waals surface area contributed by atoms with E-state index < -0.39 is 0 Å². The van der Waals surface area contributed by atoms with E-state index in [1.54, 1.807) is 18.1 Å². The number of benzene rings is 2. The number of halogens is 1. The van der Waals surface area contributed by atoms with Crippen molar-refractivity contribution >= 4 is 34.3 Å². The average Bonchev–Trinajstić information content (AvgIpc) is 2.51. The zero-order valence-electron chi connectivity index (χ0n) is 10.7. The summed E-state index contributed by atoms with van der Waals surface area (Å²) in [6.45, 7) is 0.773. The highest BCUT2D eigenvalue weighted by molar-refractivity contribution is 7.97. The van der Waals surface area contributed by atoms with Crippen LogP contribution in [0.3, 0.4) is 0 Å². The van der Waals surface area contributed by atoms with Crippen molar-refractivity contribution in [2.24, 2.45) is 0 Å². The first-order chi connectivity index (χ1) is 9.84. The number of nitrogens with one attached hydrogen (secondary N) is 1. The van der Waals surface area contributed by atoms with Crippen LogP contribution in [0.15, 0.2) is 65.8 Å². The molecule has 0 amide bonds. The Bertz CT molecular complexity index is 716. The number of hydrogen-bond acceptors (Lipinski definition) is 3. The quantitative estimate of drug-likeness (QED) is 0.708. The molecule has 4 heteroatoms. The van der Waals surface area contributed by atoms with Crippen LogP contribution in [0.2, 0.25) is 5.02 Å². The Morgan fingerprint density at radius 2 is 1.85 bits per heavy atom. The topological polar surface area (TPSA) is 24.9 Å². The lowest BCUT2D eigenvalue weighted by Gasteiger charge is -2.08. The molecule has 1 aromatic heterocycles. The number of aromatic nitrogens is 1. The van der Waals surface area contributed by atoms with Gasteiger partial charge in [0.25, 0.3) is 0 Å². The monoisotopic (exact) mass is 300 g/mol. The summed E-state index contributed by atoms with van der Waals surface area (Å²) in [4.78, 5) is 5.28. The summed E-state index contributed by atoms with van der Waals surface area (Å²) < 4.78 is 3.36. The summed E-state index contributed by atoms with van der Waals surface area (Å²) in [5.74, 6) is 0. The van der Waals surface area contributed by atoms with Crippen LogP contribution in [0.25, 0.3) is 10.8 Å². The molecule has 0 aliphatic heterocycles. The Balaban J connectivity index is 1.77. The molecule has 1 heterocycles. The van der Waals surface area contributed by atoms with E-state index in [1.807, 2.05) is 42.6 Å². The highest BCUT2D eigenvalue weighted by Crippen LogP contribution is 2.31. The predicted octanol–water partition coefficient (Wildman–Crippen LogP) is 4.69. The molecule has 0 fully saturated rings. The highest BCUT2D eigenvalue weighted by Gasteiger charge is 2.04. The summed E-state index contributed by atoms with van der Waals surface area (Å²) in [5.41, 5.74) is 1.17. The Morgan fingerprint density at radius 3 is 2.65 bits per heavy atom. The van der Waals surface area contributed by atoms with E-state index in [-0.39, 0.29) is 0 Å². The van der Waals surface area contributed by atoms with Gasteiger partial charge in [-0.05, 0) is 41.1 Å². The fourth-order valence-electron chi connectivity index (χ4n) is 2.02. The van der Waals surface area contributed by atoms with E-state index in [9.17, 15) is 0 Å². The van der Waals surface area contributed by atoms with E-state index in [1.165, 1.54) is 15.8 Å². The van der Waals surface area contributed by atoms with Gasteiger partial charge in [-0.2, -0.15) is 0 Å². The molecule has 0 saturated heterocycles. The number of pyridine rings is 1. The molecule has 100 valence electrons. The number of nitrogens with zero attached hydrogens (tertiary/aromatic N) is 1. The van der Waals surface area contributed by atoms with Crippen LogP contribution in [-0.4, -0.2) is 4.98 Å². The molecule has 0 radical (unpaired) electrons. The number of fused-ring (bicyclic) bond motifs is 1. The van der Waals surface area contributed by atoms with Crippen molar-refractivity contribution < 1.29 is 0 Å². The lowest BCUT2D eigenvalue weighted by molar-refractivity contribution is 0.963. The highest BCUT2D eigenvalue weighted by atomic mass is 35.5. The molecule has 0 aliphatic carbocycles. The van der Waals surface area contributed by atoms with E-state index >= 15 is 0 Å². The van der Waals surface area contributed by atoms with E-state index in [4.69, 9.17) is 11.6 Å². The van der Waals surface area contributed by atoms with Gasteiger partial charge in [0.05, 0.1) is 0 Å². The molecule has 2 aromatic carbocycles. The molecule has 1 N–H and O–H groups in total. The van der Waals surface area contributed by atoms with Gasteiger partial charge in [-0.1, -0.05) is 41.9 Å². The summed E-state index contributed by atoms with van der Waals surface area (Å²) in [6, 6.07) is 16.2. The van der Waals surface area contributed by atoms with Crippen molar-refractivity contribution in [3.05, 3.63) is 71.5 Å². The molecular formula is C16H13ClN2S. The van der Waals surface area contributed by atoms with Gasteiger partial charge in [0.2, 0.25) is 0 Å². The third-order valence-corrected chi connectivity index (χ3v) is 4.21. The maximum atomic E-state index is 6.22. The lowest BCUT2D eigenvalue weighted by Crippen LogP contribution is -2.03. The normalized spacial score (nSPS) is 10.8. The smallest absolute Gasteiger partial charge is 0.0485 e. The second-order valence-electron chi connectivity index (χ2n) is 4.38. The largest absolute Gasteiger partial charge is 0.264 e. The van der Waals surface area contributed by atoms with Gasteiger partial charge in [0, 0.05) is 34.2 Å². The maximum Gasteiger partial charge on any atom is 0.0485 e. The first-order valence-corrected chi connectivity index (χ1v) is 7.50. The third-order valence-electron chi connectivity index (χ3n) is 3.01. The standard InChI is InChI=1S/C16H13ClN2S/c17-15-7-8-16(14-6-2-1-5-13(14)15)20-19-11-12-4-3-9-18-10-12/h1-10,19H,11H2. The zero-order chi connectivity index (χ0) is 13.8. The first kappa shape index (κ1) is 13.4. The van der Waals surface area contributed by atoms with Gasteiger partial charge in [-0.25, -0.2) is 0 Å². The van der Waals surface area contributed by atoms with Gasteiger partial charge < -0.3 is 0 Å². The lowest BCUT2D eigenvalue weighted by atomic mass is 10.1. The van der Waals surface area contributed by atoms with E-state index in [0.29, 0.717) is 0 Å². The molecule has 3 aromatic rings. The van der Waals surface area contributed by atoms with E-state index in [0.717, 1.165) is 17.0 Å². The van der Waals surface area contributed by atoms with Crippen LogP contribution in [-0.2, 0) is 6.54 Å². The summed E-state index contributed by atoms with van der Waals surface area (Å²) in [6.07, 6.45) is 3.65. The minimum atomic E-state index is 0.773. The molecule has 0 aliphatic rings. The second kappa shape index (κ2) is 6.27. The van der Waals surface area contributed by atoms with Crippen molar-refractivity contribution in [1.29, 1.82) is 0 Å². The van der Waals surface area contributed by atoms with Crippen LogP contribution in [0.1, 0.15) is 5.56 Å². The molecular weight excluding hydrogens is 288 g/mol. The predicted molar refractivity (Wildman–Crippen MR) is 85.9 cm³/mol. The summed E-state index contributed by atoms with van der Waals surface area (Å²) in [5, 5.41) is 3.04. The Morgan fingerprint density at radius 1 is 1.00 bits per heavy atom. The van der Waals surface area contributed by atoms with Crippen LogP contribution >= 0.6 is 23.5 Å². The molecule has 0 bridgehead atoms. The zero-order valence-corrected chi connectivity index (χ0v) is 12.3. The van der Waals surface area contributed by atoms with Crippen LogP contribution in [0.5, 0.6) is 0 Å². The fraction of sp³-hybridized carbons (Fsp3) is 0.0625. The molecule has 0 saturated carbocycles. The van der Waals surface area contributed by atoms with Crippen molar-refractivity contribution in [2.75, 3.05) is 0 Å². The Kier molecular flexibility index (Phi) is 4.21.